The summed E-state index contributed by atoms with van der Waals surface area (Å²) < 4.78 is 8.11. The van der Waals surface area contributed by atoms with E-state index >= 15 is 0 Å². The van der Waals surface area contributed by atoms with E-state index in [4.69, 9.17) is 4.74 Å². The van der Waals surface area contributed by atoms with Crippen LogP contribution < -0.4 is 4.74 Å². The second-order valence-electron chi connectivity index (χ2n) is 7.31. The third-order valence-corrected chi connectivity index (χ3v) is 4.96. The molecule has 1 aromatic heterocycles. The molecule has 0 radical (unpaired) electrons. The van der Waals surface area contributed by atoms with Crippen molar-refractivity contribution in [1.29, 1.82) is 0 Å². The molecule has 0 N–H and O–H groups in total. The van der Waals surface area contributed by atoms with Gasteiger partial charge in [-0.05, 0) is 44.5 Å². The van der Waals surface area contributed by atoms with E-state index in [0.29, 0.717) is 6.42 Å². The Balaban J connectivity index is 1.66. The van der Waals surface area contributed by atoms with Gasteiger partial charge in [0.25, 0.3) is 0 Å². The van der Waals surface area contributed by atoms with Crippen molar-refractivity contribution in [3.8, 4) is 17.1 Å². The number of hydrogen-bond donors (Lipinski definition) is 0. The fourth-order valence-corrected chi connectivity index (χ4v) is 3.82. The Morgan fingerprint density at radius 2 is 2.21 bits per heavy atom. The molecule has 1 atom stereocenters. The van der Waals surface area contributed by atoms with Gasteiger partial charge in [0.15, 0.2) is 0 Å². The highest BCUT2D eigenvalue weighted by atomic mass is 16.5. The predicted molar refractivity (Wildman–Crippen MR) is 92.0 cm³/mol. The van der Waals surface area contributed by atoms with Gasteiger partial charge in [0.2, 0.25) is 5.91 Å². The maximum Gasteiger partial charge on any atom is 0.224 e. The van der Waals surface area contributed by atoms with E-state index < -0.39 is 0 Å². The number of nitrogens with zero attached hydrogens (tertiary/aromatic N) is 3. The number of rotatable bonds is 3. The van der Waals surface area contributed by atoms with Gasteiger partial charge in [-0.1, -0.05) is 0 Å². The molecule has 0 spiro atoms. The van der Waals surface area contributed by atoms with E-state index in [1.54, 1.807) is 0 Å². The molecule has 0 aliphatic carbocycles. The first kappa shape index (κ1) is 15.2. The van der Waals surface area contributed by atoms with Gasteiger partial charge in [0, 0.05) is 43.9 Å². The second-order valence-corrected chi connectivity index (χ2v) is 7.31. The first-order valence-electron chi connectivity index (χ1n) is 8.60. The van der Waals surface area contributed by atoms with Gasteiger partial charge >= 0.3 is 0 Å². The van der Waals surface area contributed by atoms with Crippen molar-refractivity contribution < 1.29 is 9.53 Å². The summed E-state index contributed by atoms with van der Waals surface area (Å²) in [6, 6.07) is 6.44. The van der Waals surface area contributed by atoms with Crippen molar-refractivity contribution in [3.05, 3.63) is 36.2 Å². The highest BCUT2D eigenvalue weighted by molar-refractivity contribution is 5.79. The van der Waals surface area contributed by atoms with Gasteiger partial charge in [0.1, 0.15) is 17.2 Å². The van der Waals surface area contributed by atoms with Crippen molar-refractivity contribution in [2.24, 2.45) is 0 Å². The molecule has 1 saturated heterocycles. The fraction of sp³-hybridized carbons (Fsp3) is 0.474. The number of likely N-dealkylation sites (tertiary alicyclic amines) is 1. The summed E-state index contributed by atoms with van der Waals surface area (Å²) in [4.78, 5) is 18.5. The second kappa shape index (κ2) is 5.36. The standard InChI is InChI=1S/C19H23N3O2/c1-4-21-12-15(10-17(21)23)22-8-7-20-18(22)13-5-6-16-14(9-13)11-19(2,3)24-16/h5-9,15H,4,10-12H2,1-3H3/t15-/m0/s1. The first-order valence-corrected chi connectivity index (χ1v) is 8.60. The Bertz CT molecular complexity index is 794. The molecule has 24 heavy (non-hydrogen) atoms. The molecular formula is C19H23N3O2. The quantitative estimate of drug-likeness (QED) is 0.871. The maximum absolute atomic E-state index is 12.1. The van der Waals surface area contributed by atoms with E-state index in [2.05, 4.69) is 35.5 Å². The Hall–Kier alpha value is -2.30. The Kier molecular flexibility index (Phi) is 3.41. The van der Waals surface area contributed by atoms with Gasteiger partial charge in [-0.25, -0.2) is 4.98 Å². The highest BCUT2D eigenvalue weighted by Gasteiger charge is 2.32. The van der Waals surface area contributed by atoms with Crippen LogP contribution in [0, 0.1) is 0 Å². The van der Waals surface area contributed by atoms with Crippen molar-refractivity contribution in [2.45, 2.75) is 45.3 Å². The van der Waals surface area contributed by atoms with Gasteiger partial charge in [0.05, 0.1) is 6.04 Å². The van der Waals surface area contributed by atoms with Crippen LogP contribution in [0.15, 0.2) is 30.6 Å². The molecule has 1 aromatic carbocycles. The number of fused-ring (bicyclic) bond motifs is 1. The molecule has 1 amide bonds. The van der Waals surface area contributed by atoms with Crippen LogP contribution in [0.1, 0.15) is 38.8 Å². The third kappa shape index (κ3) is 2.48. The van der Waals surface area contributed by atoms with Crippen LogP contribution in [0.4, 0.5) is 0 Å². The van der Waals surface area contributed by atoms with E-state index in [1.165, 1.54) is 5.56 Å². The van der Waals surface area contributed by atoms with E-state index in [9.17, 15) is 4.79 Å². The molecule has 3 heterocycles. The summed E-state index contributed by atoms with van der Waals surface area (Å²) in [6.45, 7) is 7.77. The predicted octanol–water partition coefficient (Wildman–Crippen LogP) is 3.06. The van der Waals surface area contributed by atoms with Crippen LogP contribution in [-0.4, -0.2) is 39.0 Å². The lowest BCUT2D eigenvalue weighted by atomic mass is 10.00. The lowest BCUT2D eigenvalue weighted by molar-refractivity contribution is -0.127. The van der Waals surface area contributed by atoms with Crippen molar-refractivity contribution in [3.63, 3.8) is 0 Å². The summed E-state index contributed by atoms with van der Waals surface area (Å²) in [5, 5.41) is 0. The van der Waals surface area contributed by atoms with Crippen LogP contribution in [0.25, 0.3) is 11.4 Å². The number of aromatic nitrogens is 2. The zero-order valence-electron chi connectivity index (χ0n) is 14.5. The van der Waals surface area contributed by atoms with Crippen LogP contribution >= 0.6 is 0 Å². The minimum absolute atomic E-state index is 0.143. The summed E-state index contributed by atoms with van der Waals surface area (Å²) in [7, 11) is 0. The number of hydrogen-bond acceptors (Lipinski definition) is 3. The van der Waals surface area contributed by atoms with E-state index in [0.717, 1.165) is 36.6 Å². The van der Waals surface area contributed by atoms with E-state index in [1.807, 2.05) is 30.3 Å². The molecule has 4 rings (SSSR count). The largest absolute Gasteiger partial charge is 0.487 e. The maximum atomic E-state index is 12.1. The van der Waals surface area contributed by atoms with Crippen LogP contribution in [0.3, 0.4) is 0 Å². The fourth-order valence-electron chi connectivity index (χ4n) is 3.82. The Morgan fingerprint density at radius 3 is 2.96 bits per heavy atom. The van der Waals surface area contributed by atoms with Crippen LogP contribution in [-0.2, 0) is 11.2 Å². The van der Waals surface area contributed by atoms with Crippen LogP contribution in [0.5, 0.6) is 5.75 Å². The number of amides is 1. The number of carbonyl (C=O) groups excluding carboxylic acids is 1. The van der Waals surface area contributed by atoms with Gasteiger partial charge in [-0.3, -0.25) is 4.79 Å². The highest BCUT2D eigenvalue weighted by Crippen LogP contribution is 2.37. The molecule has 126 valence electrons. The van der Waals surface area contributed by atoms with E-state index in [-0.39, 0.29) is 17.6 Å². The average Bonchev–Trinajstić information content (AvgIpc) is 3.20. The van der Waals surface area contributed by atoms with Gasteiger partial charge in [-0.15, -0.1) is 0 Å². The Morgan fingerprint density at radius 1 is 1.38 bits per heavy atom. The summed E-state index contributed by atoms with van der Waals surface area (Å²) in [5.41, 5.74) is 2.17. The minimum atomic E-state index is -0.143. The molecule has 0 saturated carbocycles. The number of carbonyl (C=O) groups is 1. The van der Waals surface area contributed by atoms with Gasteiger partial charge < -0.3 is 14.2 Å². The van der Waals surface area contributed by atoms with Crippen molar-refractivity contribution in [1.82, 2.24) is 14.5 Å². The third-order valence-electron chi connectivity index (χ3n) is 4.96. The van der Waals surface area contributed by atoms with Crippen molar-refractivity contribution in [2.75, 3.05) is 13.1 Å². The molecule has 1 fully saturated rings. The minimum Gasteiger partial charge on any atom is -0.487 e. The topological polar surface area (TPSA) is 47.4 Å². The molecule has 5 nitrogen and oxygen atoms in total. The normalized spacial score (nSPS) is 21.9. The SMILES string of the molecule is CCN1C[C@@H](n2ccnc2-c2ccc3c(c2)CC(C)(C)O3)CC1=O. The zero-order chi connectivity index (χ0) is 16.9. The molecule has 5 heteroatoms. The number of imidazole rings is 1. The first-order chi connectivity index (χ1) is 11.5. The molecule has 2 aliphatic rings. The molecule has 2 aromatic rings. The smallest absolute Gasteiger partial charge is 0.224 e. The van der Waals surface area contributed by atoms with Crippen LogP contribution in [0.2, 0.25) is 0 Å². The lowest BCUT2D eigenvalue weighted by Crippen LogP contribution is -2.24. The number of benzene rings is 1. The molecule has 0 unspecified atom stereocenters. The summed E-state index contributed by atoms with van der Waals surface area (Å²) in [5.74, 6) is 2.12. The Labute approximate surface area is 142 Å². The zero-order valence-corrected chi connectivity index (χ0v) is 14.5. The van der Waals surface area contributed by atoms with Gasteiger partial charge in [-0.2, -0.15) is 0 Å². The molecular weight excluding hydrogens is 302 g/mol. The monoisotopic (exact) mass is 325 g/mol. The number of likely N-dealkylation sites (N-methyl/N-ethyl adjacent to an activating group) is 1. The summed E-state index contributed by atoms with van der Waals surface area (Å²) in [6.07, 6.45) is 5.27. The molecule has 2 aliphatic heterocycles. The van der Waals surface area contributed by atoms with Crippen molar-refractivity contribution >= 4 is 5.91 Å². The molecule has 0 bridgehead atoms. The number of ether oxygens (including phenoxy) is 1. The summed E-state index contributed by atoms with van der Waals surface area (Å²) >= 11 is 0. The average molecular weight is 325 g/mol. The lowest BCUT2D eigenvalue weighted by Gasteiger charge is -2.17.